The lowest BCUT2D eigenvalue weighted by molar-refractivity contribution is -0.122. The third kappa shape index (κ3) is 5.65. The molecule has 2 aromatic rings. The summed E-state index contributed by atoms with van der Waals surface area (Å²) < 4.78 is 17.5. The molecule has 0 radical (unpaired) electrons. The van der Waals surface area contributed by atoms with Gasteiger partial charge < -0.3 is 14.2 Å². The SMILES string of the molecule is CCCOc1ccc(N2C(=O)NC(=O)/C(=C/c3cc(I)c(OCCC)c(OC)c3)C2=O)cc1. The number of barbiturate groups is 1. The van der Waals surface area contributed by atoms with Crippen LogP contribution < -0.4 is 24.4 Å². The molecular weight excluding hydrogens is 539 g/mol. The van der Waals surface area contributed by atoms with Crippen molar-refractivity contribution < 1.29 is 28.6 Å². The van der Waals surface area contributed by atoms with Crippen LogP contribution in [0.25, 0.3) is 6.08 Å². The second-order valence-electron chi connectivity index (χ2n) is 7.18. The molecule has 0 aliphatic carbocycles. The molecule has 33 heavy (non-hydrogen) atoms. The monoisotopic (exact) mass is 564 g/mol. The zero-order chi connectivity index (χ0) is 24.0. The minimum atomic E-state index is -0.806. The number of carbonyl (C=O) groups is 3. The second kappa shape index (κ2) is 11.2. The van der Waals surface area contributed by atoms with E-state index in [-0.39, 0.29) is 5.57 Å². The molecule has 1 N–H and O–H groups in total. The Hall–Kier alpha value is -3.08. The first-order chi connectivity index (χ1) is 15.9. The second-order valence-corrected chi connectivity index (χ2v) is 8.34. The summed E-state index contributed by atoms with van der Waals surface area (Å²) in [6.45, 7) is 5.10. The number of halogens is 1. The zero-order valence-electron chi connectivity index (χ0n) is 18.6. The minimum absolute atomic E-state index is 0.166. The van der Waals surface area contributed by atoms with E-state index in [1.165, 1.54) is 13.2 Å². The molecule has 0 saturated carbocycles. The maximum absolute atomic E-state index is 13.1. The molecule has 1 aliphatic heterocycles. The van der Waals surface area contributed by atoms with Crippen molar-refractivity contribution in [1.82, 2.24) is 5.32 Å². The van der Waals surface area contributed by atoms with Gasteiger partial charge in [-0.3, -0.25) is 14.9 Å². The Labute approximate surface area is 206 Å². The van der Waals surface area contributed by atoms with Crippen molar-refractivity contribution in [3.8, 4) is 17.2 Å². The summed E-state index contributed by atoms with van der Waals surface area (Å²) >= 11 is 2.11. The molecule has 1 saturated heterocycles. The standard InChI is InChI=1S/C24H25IN2O6/c1-4-10-32-17-8-6-16(7-9-17)27-23(29)18(22(28)26-24(27)30)12-15-13-19(25)21(33-11-5-2)20(14-15)31-3/h6-9,12-14H,4-5,10-11H2,1-3H3,(H,26,28,30)/b18-12-. The predicted molar refractivity (Wildman–Crippen MR) is 133 cm³/mol. The summed E-state index contributed by atoms with van der Waals surface area (Å²) in [7, 11) is 1.52. The number of nitrogens with zero attached hydrogens (tertiary/aromatic N) is 1. The average molecular weight is 564 g/mol. The highest BCUT2D eigenvalue weighted by atomic mass is 127. The molecule has 1 fully saturated rings. The molecule has 0 atom stereocenters. The fraction of sp³-hybridized carbons (Fsp3) is 0.292. The van der Waals surface area contributed by atoms with Crippen molar-refractivity contribution in [2.75, 3.05) is 25.2 Å². The highest BCUT2D eigenvalue weighted by molar-refractivity contribution is 14.1. The fourth-order valence-electron chi connectivity index (χ4n) is 3.14. The van der Waals surface area contributed by atoms with E-state index < -0.39 is 17.8 Å². The van der Waals surface area contributed by atoms with Crippen molar-refractivity contribution in [3.63, 3.8) is 0 Å². The maximum Gasteiger partial charge on any atom is 0.335 e. The summed E-state index contributed by atoms with van der Waals surface area (Å²) in [5.41, 5.74) is 0.729. The number of methoxy groups -OCH3 is 1. The van der Waals surface area contributed by atoms with Crippen LogP contribution in [0.3, 0.4) is 0 Å². The number of rotatable bonds is 9. The van der Waals surface area contributed by atoms with E-state index in [0.29, 0.717) is 41.7 Å². The lowest BCUT2D eigenvalue weighted by Gasteiger charge is -2.26. The van der Waals surface area contributed by atoms with Crippen molar-refractivity contribution in [1.29, 1.82) is 0 Å². The van der Waals surface area contributed by atoms with Crippen molar-refractivity contribution in [3.05, 3.63) is 51.1 Å². The van der Waals surface area contributed by atoms with E-state index in [1.54, 1.807) is 36.4 Å². The van der Waals surface area contributed by atoms with Gasteiger partial charge in [-0.25, -0.2) is 9.69 Å². The molecular formula is C24H25IN2O6. The van der Waals surface area contributed by atoms with Crippen LogP contribution >= 0.6 is 22.6 Å². The summed E-state index contributed by atoms with van der Waals surface area (Å²) in [5, 5.41) is 2.23. The summed E-state index contributed by atoms with van der Waals surface area (Å²) in [4.78, 5) is 39.0. The Balaban J connectivity index is 1.93. The number of benzene rings is 2. The number of anilines is 1. The molecule has 0 bridgehead atoms. The summed E-state index contributed by atoms with van der Waals surface area (Å²) in [6, 6.07) is 9.20. The number of ether oxygens (including phenoxy) is 3. The first-order valence-corrected chi connectivity index (χ1v) is 11.6. The average Bonchev–Trinajstić information content (AvgIpc) is 2.80. The van der Waals surface area contributed by atoms with Crippen LogP contribution in [0.15, 0.2) is 42.0 Å². The molecule has 2 aromatic carbocycles. The largest absolute Gasteiger partial charge is 0.494 e. The third-order valence-electron chi connectivity index (χ3n) is 4.68. The smallest absolute Gasteiger partial charge is 0.335 e. The van der Waals surface area contributed by atoms with E-state index >= 15 is 0 Å². The Morgan fingerprint density at radius 1 is 1.00 bits per heavy atom. The molecule has 3 rings (SSSR count). The number of nitrogens with one attached hydrogen (secondary N) is 1. The van der Waals surface area contributed by atoms with Gasteiger partial charge >= 0.3 is 6.03 Å². The van der Waals surface area contributed by atoms with Crippen molar-refractivity contribution in [2.24, 2.45) is 0 Å². The van der Waals surface area contributed by atoms with Gasteiger partial charge in [0.1, 0.15) is 11.3 Å². The quantitative estimate of drug-likeness (QED) is 0.273. The molecule has 4 amide bonds. The lowest BCUT2D eigenvalue weighted by Crippen LogP contribution is -2.54. The first-order valence-electron chi connectivity index (χ1n) is 10.5. The molecule has 174 valence electrons. The van der Waals surface area contributed by atoms with Gasteiger partial charge in [0.25, 0.3) is 11.8 Å². The van der Waals surface area contributed by atoms with Gasteiger partial charge in [0.2, 0.25) is 0 Å². The Morgan fingerprint density at radius 3 is 2.30 bits per heavy atom. The van der Waals surface area contributed by atoms with E-state index in [4.69, 9.17) is 14.2 Å². The summed E-state index contributed by atoms with van der Waals surface area (Å²) in [5.74, 6) is 0.241. The molecule has 8 nitrogen and oxygen atoms in total. The Bertz CT molecular complexity index is 1080. The van der Waals surface area contributed by atoms with E-state index in [2.05, 4.69) is 27.9 Å². The molecule has 9 heteroatoms. The van der Waals surface area contributed by atoms with Gasteiger partial charge in [-0.15, -0.1) is 0 Å². The van der Waals surface area contributed by atoms with Gasteiger partial charge in [0, 0.05) is 0 Å². The number of urea groups is 1. The number of imide groups is 2. The van der Waals surface area contributed by atoms with E-state index in [0.717, 1.165) is 21.3 Å². The number of hydrogen-bond donors (Lipinski definition) is 1. The Kier molecular flexibility index (Phi) is 8.32. The molecule has 0 unspecified atom stereocenters. The molecule has 0 aromatic heterocycles. The molecule has 0 spiro atoms. The van der Waals surface area contributed by atoms with Crippen LogP contribution in [-0.2, 0) is 9.59 Å². The number of amides is 4. The summed E-state index contributed by atoms with van der Waals surface area (Å²) in [6.07, 6.45) is 3.14. The van der Waals surface area contributed by atoms with E-state index in [9.17, 15) is 14.4 Å². The fourth-order valence-corrected chi connectivity index (χ4v) is 3.92. The number of hydrogen-bond acceptors (Lipinski definition) is 6. The van der Waals surface area contributed by atoms with Gasteiger partial charge in [-0.05, 0) is 83.5 Å². The van der Waals surface area contributed by atoms with Gasteiger partial charge in [0.15, 0.2) is 11.5 Å². The molecule has 1 aliphatic rings. The topological polar surface area (TPSA) is 94.2 Å². The van der Waals surface area contributed by atoms with Crippen LogP contribution in [0.4, 0.5) is 10.5 Å². The van der Waals surface area contributed by atoms with Crippen molar-refractivity contribution in [2.45, 2.75) is 26.7 Å². The van der Waals surface area contributed by atoms with Gasteiger partial charge in [0.05, 0.1) is 29.6 Å². The number of carbonyl (C=O) groups excluding carboxylic acids is 3. The highest BCUT2D eigenvalue weighted by Crippen LogP contribution is 2.35. The third-order valence-corrected chi connectivity index (χ3v) is 5.48. The van der Waals surface area contributed by atoms with Gasteiger partial charge in [-0.1, -0.05) is 13.8 Å². The van der Waals surface area contributed by atoms with Crippen LogP contribution in [0.2, 0.25) is 0 Å². The van der Waals surface area contributed by atoms with Crippen molar-refractivity contribution >= 4 is 52.2 Å². The van der Waals surface area contributed by atoms with Crippen LogP contribution in [0, 0.1) is 3.57 Å². The predicted octanol–water partition coefficient (Wildman–Crippen LogP) is 4.54. The minimum Gasteiger partial charge on any atom is -0.494 e. The highest BCUT2D eigenvalue weighted by Gasteiger charge is 2.36. The normalized spacial score (nSPS) is 15.0. The first kappa shape index (κ1) is 24.6. The van der Waals surface area contributed by atoms with Crippen LogP contribution in [0.5, 0.6) is 17.2 Å². The van der Waals surface area contributed by atoms with Crippen LogP contribution in [0.1, 0.15) is 32.3 Å². The van der Waals surface area contributed by atoms with Gasteiger partial charge in [-0.2, -0.15) is 0 Å². The Morgan fingerprint density at radius 2 is 1.67 bits per heavy atom. The lowest BCUT2D eigenvalue weighted by atomic mass is 10.1. The maximum atomic E-state index is 13.1. The molecule has 1 heterocycles. The van der Waals surface area contributed by atoms with E-state index in [1.807, 2.05) is 13.8 Å². The zero-order valence-corrected chi connectivity index (χ0v) is 20.8. The van der Waals surface area contributed by atoms with Crippen LogP contribution in [-0.4, -0.2) is 38.2 Å².